The second-order valence-corrected chi connectivity index (χ2v) is 6.68. The molecular weight excluding hydrogens is 300 g/mol. The van der Waals surface area contributed by atoms with Crippen LogP contribution in [-0.2, 0) is 17.6 Å². The number of aliphatic hydroxyl groups is 1. The molecule has 6 heteroatoms. The van der Waals surface area contributed by atoms with Crippen LogP contribution in [0.3, 0.4) is 0 Å². The molecule has 0 spiro atoms. The molecule has 2 aromatic rings. The van der Waals surface area contributed by atoms with Crippen molar-refractivity contribution in [1.82, 2.24) is 10.1 Å². The van der Waals surface area contributed by atoms with Crippen LogP contribution in [0.15, 0.2) is 27.4 Å². The molecule has 0 bridgehead atoms. The van der Waals surface area contributed by atoms with Crippen LogP contribution >= 0.6 is 11.3 Å². The summed E-state index contributed by atoms with van der Waals surface area (Å²) in [5.41, 5.74) is 2.04. The van der Waals surface area contributed by atoms with E-state index in [1.807, 2.05) is 24.4 Å². The van der Waals surface area contributed by atoms with Crippen LogP contribution in [0.1, 0.15) is 23.4 Å². The van der Waals surface area contributed by atoms with Gasteiger partial charge in [0.15, 0.2) is 0 Å². The average molecular weight is 320 g/mol. The predicted molar refractivity (Wildman–Crippen MR) is 83.7 cm³/mol. The zero-order chi connectivity index (χ0) is 15.5. The Balaban J connectivity index is 1.52. The number of rotatable bonds is 5. The monoisotopic (exact) mass is 320 g/mol. The normalized spacial score (nSPS) is 21.5. The molecule has 22 heavy (non-hydrogen) atoms. The molecule has 1 aliphatic heterocycles. The van der Waals surface area contributed by atoms with Crippen LogP contribution in [-0.4, -0.2) is 40.3 Å². The van der Waals surface area contributed by atoms with Crippen LogP contribution in [0.5, 0.6) is 0 Å². The first-order chi connectivity index (χ1) is 10.6. The van der Waals surface area contributed by atoms with Crippen LogP contribution in [0.2, 0.25) is 0 Å². The standard InChI is InChI=1S/C16H20N2O3S/c1-11-6-14(21-17-11)7-13-8-18(9-15(13)19)16(20)3-2-12-4-5-22-10-12/h4-6,10,13,15,19H,2-3,7-9H2,1H3. The number of hydrogen-bond donors (Lipinski definition) is 1. The zero-order valence-corrected chi connectivity index (χ0v) is 13.4. The molecule has 1 fully saturated rings. The number of carbonyl (C=O) groups is 1. The highest BCUT2D eigenvalue weighted by Crippen LogP contribution is 2.23. The first kappa shape index (κ1) is 15.2. The molecule has 118 valence electrons. The van der Waals surface area contributed by atoms with Gasteiger partial charge < -0.3 is 14.5 Å². The Bertz CT molecular complexity index is 623. The summed E-state index contributed by atoms with van der Waals surface area (Å²) in [7, 11) is 0. The van der Waals surface area contributed by atoms with E-state index in [-0.39, 0.29) is 11.8 Å². The summed E-state index contributed by atoms with van der Waals surface area (Å²) in [5, 5.41) is 18.1. The van der Waals surface area contributed by atoms with Crippen molar-refractivity contribution in [3.05, 3.63) is 39.9 Å². The van der Waals surface area contributed by atoms with E-state index in [1.54, 1.807) is 16.2 Å². The van der Waals surface area contributed by atoms with E-state index in [9.17, 15) is 9.90 Å². The maximum Gasteiger partial charge on any atom is 0.223 e. The number of hydrogen-bond acceptors (Lipinski definition) is 5. The second-order valence-electron chi connectivity index (χ2n) is 5.90. The molecule has 0 saturated carbocycles. The maximum absolute atomic E-state index is 12.3. The highest BCUT2D eigenvalue weighted by Gasteiger charge is 2.34. The van der Waals surface area contributed by atoms with Crippen LogP contribution in [0, 0.1) is 12.8 Å². The van der Waals surface area contributed by atoms with Crippen molar-refractivity contribution in [3.63, 3.8) is 0 Å². The van der Waals surface area contributed by atoms with E-state index < -0.39 is 6.10 Å². The molecule has 0 radical (unpaired) electrons. The van der Waals surface area contributed by atoms with Crippen molar-refractivity contribution in [2.75, 3.05) is 13.1 Å². The summed E-state index contributed by atoms with van der Waals surface area (Å²) in [6.07, 6.45) is 1.39. The Labute approximate surface area is 133 Å². The lowest BCUT2D eigenvalue weighted by Gasteiger charge is -2.15. The molecule has 5 nitrogen and oxygen atoms in total. The molecule has 1 saturated heterocycles. The molecule has 0 aromatic carbocycles. The Morgan fingerprint density at radius 1 is 1.55 bits per heavy atom. The van der Waals surface area contributed by atoms with Gasteiger partial charge in [-0.25, -0.2) is 0 Å². The molecule has 2 atom stereocenters. The van der Waals surface area contributed by atoms with Crippen molar-refractivity contribution < 1.29 is 14.4 Å². The van der Waals surface area contributed by atoms with E-state index in [4.69, 9.17) is 4.52 Å². The molecule has 0 aliphatic carbocycles. The number of β-amino-alcohol motifs (C(OH)–C–C–N with tert-alkyl or cyclic N) is 1. The third kappa shape index (κ3) is 3.56. The van der Waals surface area contributed by atoms with Crippen LogP contribution < -0.4 is 0 Å². The topological polar surface area (TPSA) is 66.6 Å². The van der Waals surface area contributed by atoms with Gasteiger partial charge in [0.25, 0.3) is 0 Å². The molecule has 1 N–H and O–H groups in total. The largest absolute Gasteiger partial charge is 0.391 e. The summed E-state index contributed by atoms with van der Waals surface area (Å²) in [5.74, 6) is 0.910. The van der Waals surface area contributed by atoms with Crippen molar-refractivity contribution in [2.24, 2.45) is 5.92 Å². The molecule has 3 heterocycles. The summed E-state index contributed by atoms with van der Waals surface area (Å²) < 4.78 is 5.20. The lowest BCUT2D eigenvalue weighted by Crippen LogP contribution is -2.29. The summed E-state index contributed by atoms with van der Waals surface area (Å²) in [4.78, 5) is 14.0. The number of likely N-dealkylation sites (tertiary alicyclic amines) is 1. The number of carbonyl (C=O) groups excluding carboxylic acids is 1. The maximum atomic E-state index is 12.3. The Kier molecular flexibility index (Phi) is 4.59. The minimum Gasteiger partial charge on any atom is -0.391 e. The van der Waals surface area contributed by atoms with Gasteiger partial charge in [0.2, 0.25) is 5.91 Å². The summed E-state index contributed by atoms with van der Waals surface area (Å²) in [6.45, 7) is 2.88. The van der Waals surface area contributed by atoms with Crippen molar-refractivity contribution in [3.8, 4) is 0 Å². The van der Waals surface area contributed by atoms with Gasteiger partial charge in [-0.2, -0.15) is 11.3 Å². The van der Waals surface area contributed by atoms with E-state index in [2.05, 4.69) is 10.5 Å². The van der Waals surface area contributed by atoms with Gasteiger partial charge >= 0.3 is 0 Å². The van der Waals surface area contributed by atoms with Gasteiger partial charge in [-0.1, -0.05) is 5.16 Å². The second kappa shape index (κ2) is 6.62. The van der Waals surface area contributed by atoms with Crippen molar-refractivity contribution >= 4 is 17.2 Å². The third-order valence-corrected chi connectivity index (χ3v) is 4.84. The van der Waals surface area contributed by atoms with E-state index in [0.717, 1.165) is 17.9 Å². The predicted octanol–water partition coefficient (Wildman–Crippen LogP) is 2.04. The molecule has 1 aliphatic rings. The van der Waals surface area contributed by atoms with Crippen LogP contribution in [0.4, 0.5) is 0 Å². The molecule has 1 amide bonds. The lowest BCUT2D eigenvalue weighted by molar-refractivity contribution is -0.130. The molecule has 2 unspecified atom stereocenters. The fraction of sp³-hybridized carbons (Fsp3) is 0.500. The smallest absolute Gasteiger partial charge is 0.223 e. The number of thiophene rings is 1. The van der Waals surface area contributed by atoms with Gasteiger partial charge in [-0.15, -0.1) is 0 Å². The van der Waals surface area contributed by atoms with Crippen molar-refractivity contribution in [1.29, 1.82) is 0 Å². The zero-order valence-electron chi connectivity index (χ0n) is 12.6. The van der Waals surface area contributed by atoms with E-state index in [1.165, 1.54) is 5.56 Å². The number of aryl methyl sites for hydroxylation is 2. The van der Waals surface area contributed by atoms with E-state index in [0.29, 0.717) is 25.9 Å². The highest BCUT2D eigenvalue weighted by atomic mass is 32.1. The Morgan fingerprint density at radius 3 is 3.09 bits per heavy atom. The molecule has 2 aromatic heterocycles. The fourth-order valence-corrected chi connectivity index (χ4v) is 3.58. The van der Waals surface area contributed by atoms with Gasteiger partial charge in [-0.3, -0.25) is 4.79 Å². The number of nitrogens with zero attached hydrogens (tertiary/aromatic N) is 2. The van der Waals surface area contributed by atoms with E-state index >= 15 is 0 Å². The number of amides is 1. The Morgan fingerprint density at radius 2 is 2.41 bits per heavy atom. The number of aliphatic hydroxyl groups excluding tert-OH is 1. The van der Waals surface area contributed by atoms with Gasteiger partial charge in [-0.05, 0) is 35.7 Å². The first-order valence-corrected chi connectivity index (χ1v) is 8.45. The average Bonchev–Trinajstić information content (AvgIpc) is 3.20. The van der Waals surface area contributed by atoms with Crippen LogP contribution in [0.25, 0.3) is 0 Å². The van der Waals surface area contributed by atoms with Gasteiger partial charge in [0, 0.05) is 37.9 Å². The van der Waals surface area contributed by atoms with Gasteiger partial charge in [0.05, 0.1) is 11.8 Å². The lowest BCUT2D eigenvalue weighted by atomic mass is 10.0. The first-order valence-electron chi connectivity index (χ1n) is 7.51. The van der Waals surface area contributed by atoms with Gasteiger partial charge in [0.1, 0.15) is 5.76 Å². The highest BCUT2D eigenvalue weighted by molar-refractivity contribution is 7.07. The molecule has 3 rings (SSSR count). The fourth-order valence-electron chi connectivity index (χ4n) is 2.87. The SMILES string of the molecule is Cc1cc(CC2CN(C(=O)CCc3ccsc3)CC2O)on1. The summed E-state index contributed by atoms with van der Waals surface area (Å²) >= 11 is 1.65. The minimum absolute atomic E-state index is 0.0254. The quantitative estimate of drug-likeness (QED) is 0.915. The van der Waals surface area contributed by atoms with Crippen molar-refractivity contribution in [2.45, 2.75) is 32.3 Å². The summed E-state index contributed by atoms with van der Waals surface area (Å²) in [6, 6.07) is 3.93. The Hall–Kier alpha value is -1.66. The molecular formula is C16H20N2O3S. The third-order valence-electron chi connectivity index (χ3n) is 4.11. The number of aromatic nitrogens is 1. The minimum atomic E-state index is -0.490.